The van der Waals surface area contributed by atoms with E-state index in [0.717, 1.165) is 83.0 Å². The van der Waals surface area contributed by atoms with Crippen LogP contribution < -0.4 is 0 Å². The second-order valence-corrected chi connectivity index (χ2v) is 19.1. The summed E-state index contributed by atoms with van der Waals surface area (Å²) in [6.07, 6.45) is 3.79. The van der Waals surface area contributed by atoms with Crippen LogP contribution in [0.25, 0.3) is 83.3 Å². The normalized spacial score (nSPS) is 12.3. The molecule has 6 aromatic carbocycles. The molecular formula is C55H51N4OPt-. The van der Waals surface area contributed by atoms with Crippen molar-refractivity contribution in [2.75, 3.05) is 0 Å². The molecule has 1 N–H and O–H groups in total. The van der Waals surface area contributed by atoms with Crippen molar-refractivity contribution < 1.29 is 26.2 Å². The third-order valence-corrected chi connectivity index (χ3v) is 11.7. The number of fused-ring (bicyclic) bond motifs is 5. The number of phenols is 1. The van der Waals surface area contributed by atoms with Crippen LogP contribution in [0.15, 0.2) is 140 Å². The topological polar surface area (TPSA) is 63.8 Å². The van der Waals surface area contributed by atoms with E-state index in [4.69, 9.17) is 15.0 Å². The van der Waals surface area contributed by atoms with Gasteiger partial charge in [-0.15, -0.1) is 18.2 Å². The van der Waals surface area contributed by atoms with Crippen molar-refractivity contribution in [3.05, 3.63) is 163 Å². The van der Waals surface area contributed by atoms with E-state index in [1.54, 1.807) is 0 Å². The maximum atomic E-state index is 12.5. The van der Waals surface area contributed by atoms with Gasteiger partial charge in [0.25, 0.3) is 0 Å². The molecule has 308 valence electrons. The maximum absolute atomic E-state index is 12.5. The fraction of sp³-hybridized carbons (Fsp3) is 0.218. The Hall–Kier alpha value is -5.90. The Morgan fingerprint density at radius 1 is 0.590 bits per heavy atom. The molecule has 5 nitrogen and oxygen atoms in total. The first kappa shape index (κ1) is 41.8. The fourth-order valence-electron chi connectivity index (χ4n) is 8.27. The molecule has 3 aromatic heterocycles. The van der Waals surface area contributed by atoms with Gasteiger partial charge in [-0.1, -0.05) is 158 Å². The Morgan fingerprint density at radius 2 is 1.26 bits per heavy atom. The predicted molar refractivity (Wildman–Crippen MR) is 250 cm³/mol. The number of pyridine rings is 2. The number of benzene rings is 6. The first-order chi connectivity index (χ1) is 28.6. The van der Waals surface area contributed by atoms with Crippen LogP contribution in [-0.2, 0) is 37.3 Å². The molecule has 3 heterocycles. The van der Waals surface area contributed by atoms with Gasteiger partial charge in [-0.3, -0.25) is 14.5 Å². The molecule has 6 heteroatoms. The summed E-state index contributed by atoms with van der Waals surface area (Å²) >= 11 is 0. The summed E-state index contributed by atoms with van der Waals surface area (Å²) in [6, 6.07) is 48.4. The molecule has 0 bridgehead atoms. The van der Waals surface area contributed by atoms with E-state index < -0.39 is 0 Å². The van der Waals surface area contributed by atoms with Gasteiger partial charge in [-0.05, 0) is 90.7 Å². The Kier molecular flexibility index (Phi) is 10.6. The minimum Gasteiger partial charge on any atom is -0.507 e. The van der Waals surface area contributed by atoms with Crippen LogP contribution in [0, 0.1) is 6.07 Å². The largest absolute Gasteiger partial charge is 0.507 e. The van der Waals surface area contributed by atoms with Crippen molar-refractivity contribution in [1.29, 1.82) is 0 Å². The van der Waals surface area contributed by atoms with Gasteiger partial charge in [0, 0.05) is 50.3 Å². The molecule has 0 spiro atoms. The molecule has 0 aliphatic heterocycles. The summed E-state index contributed by atoms with van der Waals surface area (Å²) < 4.78 is 2.26. The van der Waals surface area contributed by atoms with Crippen molar-refractivity contribution in [2.24, 2.45) is 0 Å². The molecule has 0 aliphatic carbocycles. The first-order valence-electron chi connectivity index (χ1n) is 20.8. The number of hydrogen-bond acceptors (Lipinski definition) is 4. The summed E-state index contributed by atoms with van der Waals surface area (Å²) in [5.41, 5.74) is 13.0. The summed E-state index contributed by atoms with van der Waals surface area (Å²) in [6.45, 7) is 19.9. The third kappa shape index (κ3) is 7.70. The van der Waals surface area contributed by atoms with E-state index in [0.29, 0.717) is 11.4 Å². The van der Waals surface area contributed by atoms with Crippen LogP contribution in [-0.4, -0.2) is 24.6 Å². The van der Waals surface area contributed by atoms with Crippen LogP contribution in [0.4, 0.5) is 0 Å². The average Bonchev–Trinajstić information content (AvgIpc) is 3.62. The molecule has 0 atom stereocenters. The Balaban J connectivity index is 0.00000514. The molecular weight excluding hydrogens is 928 g/mol. The van der Waals surface area contributed by atoms with Gasteiger partial charge in [-0.25, -0.2) is 4.98 Å². The standard InChI is InChI=1S/C55H51N4O.Pt/c1-53(2,3)39-22-25-47(41(30-39)35-18-14-11-15-19-35)59-48-24-21-38-33-57-45-23-20-37(46-29-36(26-27-56-46)34-16-12-10-13-17-34)28-42(45)49(38)50(48)58-52(59)43-31-40(54(4,5)6)32-44(51(43)60)55(7,8)9;/h10-27,29-33,60H,1-9H3;/q-1;. The number of rotatable bonds is 5. The van der Waals surface area contributed by atoms with Gasteiger partial charge in [0.05, 0.1) is 22.3 Å². The fourth-order valence-corrected chi connectivity index (χ4v) is 8.27. The monoisotopic (exact) mass is 978 g/mol. The second kappa shape index (κ2) is 15.5. The minimum absolute atomic E-state index is 0. The molecule has 0 aliphatic rings. The van der Waals surface area contributed by atoms with Crippen LogP contribution in [0.1, 0.15) is 79.0 Å². The van der Waals surface area contributed by atoms with E-state index >= 15 is 0 Å². The molecule has 9 aromatic rings. The van der Waals surface area contributed by atoms with Crippen molar-refractivity contribution in [2.45, 2.75) is 78.6 Å². The van der Waals surface area contributed by atoms with E-state index in [9.17, 15) is 5.11 Å². The molecule has 0 unspecified atom stereocenters. The van der Waals surface area contributed by atoms with E-state index in [1.165, 1.54) is 5.56 Å². The van der Waals surface area contributed by atoms with Gasteiger partial charge in [0.15, 0.2) is 0 Å². The van der Waals surface area contributed by atoms with Gasteiger partial charge in [0.1, 0.15) is 11.6 Å². The SMILES string of the molecule is CC(C)(C)c1ccc(-n2c(-c3cc(C(C)(C)C)cc(C(C)(C)C)c3O)nc3c4c(ccc32)cnc2ccc(-c3cc(-c5ccccc5)ccn3)[c-]c24)c(-c2ccccc2)c1.[Pt]. The van der Waals surface area contributed by atoms with Crippen molar-refractivity contribution in [1.82, 2.24) is 19.5 Å². The summed E-state index contributed by atoms with van der Waals surface area (Å²) in [7, 11) is 0. The molecule has 61 heavy (non-hydrogen) atoms. The minimum atomic E-state index is -0.327. The Labute approximate surface area is 373 Å². The van der Waals surface area contributed by atoms with Crippen LogP contribution in [0.2, 0.25) is 0 Å². The molecule has 0 saturated carbocycles. The van der Waals surface area contributed by atoms with Crippen LogP contribution >= 0.6 is 0 Å². The molecule has 9 rings (SSSR count). The third-order valence-electron chi connectivity index (χ3n) is 11.7. The van der Waals surface area contributed by atoms with Crippen LogP contribution in [0.3, 0.4) is 0 Å². The molecule has 0 amide bonds. The Morgan fingerprint density at radius 3 is 1.93 bits per heavy atom. The van der Waals surface area contributed by atoms with Crippen molar-refractivity contribution >= 4 is 32.7 Å². The smallest absolute Gasteiger partial charge is 0.148 e. The molecule has 0 saturated heterocycles. The number of hydrogen-bond donors (Lipinski definition) is 1. The quantitative estimate of drug-likeness (QED) is 0.138. The second-order valence-electron chi connectivity index (χ2n) is 19.1. The van der Waals surface area contributed by atoms with Crippen molar-refractivity contribution in [3.63, 3.8) is 0 Å². The zero-order valence-electron chi connectivity index (χ0n) is 36.3. The number of nitrogens with zero attached hydrogens (tertiary/aromatic N) is 4. The van der Waals surface area contributed by atoms with Crippen molar-refractivity contribution in [3.8, 4) is 56.3 Å². The van der Waals surface area contributed by atoms with E-state index in [-0.39, 0.29) is 43.1 Å². The zero-order valence-corrected chi connectivity index (χ0v) is 38.6. The summed E-state index contributed by atoms with van der Waals surface area (Å²) in [5, 5.41) is 15.3. The average molecular weight is 979 g/mol. The number of aromatic hydroxyl groups is 1. The van der Waals surface area contributed by atoms with Gasteiger partial charge in [0.2, 0.25) is 0 Å². The Bertz CT molecular complexity index is 3090. The van der Waals surface area contributed by atoms with Crippen LogP contribution in [0.5, 0.6) is 5.75 Å². The first-order valence-corrected chi connectivity index (χ1v) is 20.8. The zero-order chi connectivity index (χ0) is 42.1. The summed E-state index contributed by atoms with van der Waals surface area (Å²) in [5.74, 6) is 0.916. The number of phenolic OH excluding ortho intramolecular Hbond substituents is 1. The predicted octanol–water partition coefficient (Wildman–Crippen LogP) is 14.2. The number of aromatic nitrogens is 4. The van der Waals surface area contributed by atoms with Gasteiger partial charge < -0.3 is 5.11 Å². The van der Waals surface area contributed by atoms with E-state index in [1.807, 2.05) is 24.5 Å². The molecule has 0 fully saturated rings. The molecule has 0 radical (unpaired) electrons. The maximum Gasteiger partial charge on any atom is 0.148 e. The number of imidazole rings is 1. The van der Waals surface area contributed by atoms with E-state index in [2.05, 4.69) is 188 Å². The summed E-state index contributed by atoms with van der Waals surface area (Å²) in [4.78, 5) is 15.4. The van der Waals surface area contributed by atoms with Gasteiger partial charge in [-0.2, -0.15) is 0 Å². The van der Waals surface area contributed by atoms with Gasteiger partial charge >= 0.3 is 0 Å².